The molecule has 1 aliphatic rings. The van der Waals surface area contributed by atoms with Gasteiger partial charge >= 0.3 is 0 Å². The standard InChI is InChI=1S/C12H24N2O3S2/c1-3-19(16,17)12-9-18-8-7-14(12)11(15)6-4-5-10(2)13/h10,12H,3-9,13H2,1-2H3. The zero-order valence-electron chi connectivity index (χ0n) is 11.7. The summed E-state index contributed by atoms with van der Waals surface area (Å²) in [6.45, 7) is 4.07. The molecular formula is C12H24N2O3S2. The number of carbonyl (C=O) groups is 1. The van der Waals surface area contributed by atoms with E-state index in [9.17, 15) is 13.2 Å². The summed E-state index contributed by atoms with van der Waals surface area (Å²) in [5.74, 6) is 1.34. The van der Waals surface area contributed by atoms with Crippen molar-refractivity contribution in [3.05, 3.63) is 0 Å². The summed E-state index contributed by atoms with van der Waals surface area (Å²) < 4.78 is 24.0. The minimum atomic E-state index is -3.20. The molecule has 0 aromatic rings. The summed E-state index contributed by atoms with van der Waals surface area (Å²) in [4.78, 5) is 13.7. The first-order valence-corrected chi connectivity index (χ1v) is 9.60. The van der Waals surface area contributed by atoms with Gasteiger partial charge in [-0.1, -0.05) is 6.92 Å². The number of nitrogens with zero attached hydrogens (tertiary/aromatic N) is 1. The zero-order chi connectivity index (χ0) is 14.5. The second-order valence-electron chi connectivity index (χ2n) is 4.94. The molecule has 1 fully saturated rings. The highest BCUT2D eigenvalue weighted by Gasteiger charge is 2.35. The summed E-state index contributed by atoms with van der Waals surface area (Å²) in [5.41, 5.74) is 5.65. The lowest BCUT2D eigenvalue weighted by atomic mass is 10.1. The Morgan fingerprint density at radius 1 is 1.53 bits per heavy atom. The van der Waals surface area contributed by atoms with Gasteiger partial charge in [0.1, 0.15) is 5.37 Å². The number of thioether (sulfide) groups is 1. The van der Waals surface area contributed by atoms with Gasteiger partial charge in [-0.25, -0.2) is 8.42 Å². The fourth-order valence-electron chi connectivity index (χ4n) is 2.08. The minimum absolute atomic E-state index is 0.0528. The monoisotopic (exact) mass is 308 g/mol. The Bertz CT molecular complexity index is 396. The third kappa shape index (κ3) is 4.96. The van der Waals surface area contributed by atoms with Crippen LogP contribution in [0.4, 0.5) is 0 Å². The Kier molecular flexibility index (Phi) is 6.62. The average molecular weight is 308 g/mol. The maximum Gasteiger partial charge on any atom is 0.223 e. The molecule has 0 aromatic carbocycles. The van der Waals surface area contributed by atoms with Gasteiger partial charge in [0.05, 0.1) is 0 Å². The first-order chi connectivity index (χ1) is 8.88. The molecule has 2 N–H and O–H groups in total. The van der Waals surface area contributed by atoms with Gasteiger partial charge in [-0.05, 0) is 19.8 Å². The van der Waals surface area contributed by atoms with Gasteiger partial charge in [-0.2, -0.15) is 11.8 Å². The van der Waals surface area contributed by atoms with Crippen LogP contribution in [-0.4, -0.2) is 54.4 Å². The highest BCUT2D eigenvalue weighted by Crippen LogP contribution is 2.22. The fraction of sp³-hybridized carbons (Fsp3) is 0.917. The molecule has 0 spiro atoms. The SMILES string of the molecule is CCS(=O)(=O)C1CSCCN1C(=O)CCCC(C)N. The van der Waals surface area contributed by atoms with Gasteiger partial charge in [-0.3, -0.25) is 4.79 Å². The van der Waals surface area contributed by atoms with E-state index in [0.29, 0.717) is 18.7 Å². The number of rotatable bonds is 6. The van der Waals surface area contributed by atoms with Crippen LogP contribution in [0.5, 0.6) is 0 Å². The first kappa shape index (κ1) is 16.8. The topological polar surface area (TPSA) is 80.5 Å². The van der Waals surface area contributed by atoms with E-state index in [1.165, 1.54) is 0 Å². The van der Waals surface area contributed by atoms with Crippen molar-refractivity contribution < 1.29 is 13.2 Å². The van der Waals surface area contributed by atoms with Crippen LogP contribution in [-0.2, 0) is 14.6 Å². The van der Waals surface area contributed by atoms with E-state index in [1.807, 2.05) is 6.92 Å². The molecule has 0 aromatic heterocycles. The van der Waals surface area contributed by atoms with Crippen LogP contribution in [0.3, 0.4) is 0 Å². The Balaban J connectivity index is 2.64. The predicted molar refractivity (Wildman–Crippen MR) is 79.8 cm³/mol. The molecule has 0 radical (unpaired) electrons. The molecule has 1 amide bonds. The van der Waals surface area contributed by atoms with Crippen molar-refractivity contribution in [1.82, 2.24) is 4.90 Å². The van der Waals surface area contributed by atoms with E-state index >= 15 is 0 Å². The van der Waals surface area contributed by atoms with E-state index in [2.05, 4.69) is 0 Å². The van der Waals surface area contributed by atoms with Crippen LogP contribution in [0.2, 0.25) is 0 Å². The number of nitrogens with two attached hydrogens (primary N) is 1. The number of amides is 1. The molecule has 1 aliphatic heterocycles. The molecule has 1 rings (SSSR count). The van der Waals surface area contributed by atoms with Crippen molar-refractivity contribution in [2.75, 3.05) is 23.8 Å². The third-order valence-electron chi connectivity index (χ3n) is 3.27. The van der Waals surface area contributed by atoms with Gasteiger partial charge in [0, 0.05) is 36.3 Å². The number of carbonyl (C=O) groups excluding carboxylic acids is 1. The van der Waals surface area contributed by atoms with Gasteiger partial charge in [0.15, 0.2) is 9.84 Å². The molecule has 7 heteroatoms. The molecule has 0 saturated carbocycles. The fourth-order valence-corrected chi connectivity index (χ4v) is 5.06. The van der Waals surface area contributed by atoms with Crippen molar-refractivity contribution in [2.45, 2.75) is 44.5 Å². The summed E-state index contributed by atoms with van der Waals surface area (Å²) in [5, 5.41) is -0.640. The van der Waals surface area contributed by atoms with Crippen molar-refractivity contribution in [2.24, 2.45) is 5.73 Å². The Morgan fingerprint density at radius 2 is 2.21 bits per heavy atom. The maximum atomic E-state index is 12.2. The smallest absolute Gasteiger partial charge is 0.223 e. The Hall–Kier alpha value is -0.270. The molecule has 112 valence electrons. The molecule has 2 atom stereocenters. The number of sulfone groups is 1. The van der Waals surface area contributed by atoms with E-state index in [-0.39, 0.29) is 17.7 Å². The third-order valence-corrected chi connectivity index (χ3v) is 6.56. The second kappa shape index (κ2) is 7.50. The second-order valence-corrected chi connectivity index (χ2v) is 8.53. The summed E-state index contributed by atoms with van der Waals surface area (Å²) in [7, 11) is -3.20. The Labute approximate surface area is 120 Å². The molecule has 1 heterocycles. The van der Waals surface area contributed by atoms with Crippen molar-refractivity contribution >= 4 is 27.5 Å². The molecule has 5 nitrogen and oxygen atoms in total. The summed E-state index contributed by atoms with van der Waals surface area (Å²) >= 11 is 1.60. The van der Waals surface area contributed by atoms with Crippen LogP contribution >= 0.6 is 11.8 Å². The van der Waals surface area contributed by atoms with Crippen molar-refractivity contribution in [3.8, 4) is 0 Å². The van der Waals surface area contributed by atoms with E-state index in [0.717, 1.165) is 18.6 Å². The lowest BCUT2D eigenvalue weighted by Crippen LogP contribution is -2.50. The molecule has 0 aliphatic carbocycles. The predicted octanol–water partition coefficient (Wildman–Crippen LogP) is 0.840. The molecule has 2 unspecified atom stereocenters. The van der Waals surface area contributed by atoms with Gasteiger partial charge in [-0.15, -0.1) is 0 Å². The lowest BCUT2D eigenvalue weighted by Gasteiger charge is -2.34. The molecule has 19 heavy (non-hydrogen) atoms. The number of hydrogen-bond acceptors (Lipinski definition) is 5. The van der Waals surface area contributed by atoms with Gasteiger partial charge in [0.25, 0.3) is 0 Å². The first-order valence-electron chi connectivity index (χ1n) is 6.73. The number of hydrogen-bond donors (Lipinski definition) is 1. The zero-order valence-corrected chi connectivity index (χ0v) is 13.3. The normalized spacial score (nSPS) is 22.3. The summed E-state index contributed by atoms with van der Waals surface area (Å²) in [6, 6.07) is 0.0832. The maximum absolute atomic E-state index is 12.2. The van der Waals surface area contributed by atoms with Crippen molar-refractivity contribution in [3.63, 3.8) is 0 Å². The largest absolute Gasteiger partial charge is 0.328 e. The van der Waals surface area contributed by atoms with E-state index in [4.69, 9.17) is 5.73 Å². The van der Waals surface area contributed by atoms with Crippen molar-refractivity contribution in [1.29, 1.82) is 0 Å². The van der Waals surface area contributed by atoms with Crippen LogP contribution in [0, 0.1) is 0 Å². The highest BCUT2D eigenvalue weighted by molar-refractivity contribution is 8.01. The molecular weight excluding hydrogens is 284 g/mol. The van der Waals surface area contributed by atoms with Crippen LogP contribution in [0.25, 0.3) is 0 Å². The highest BCUT2D eigenvalue weighted by atomic mass is 32.2. The van der Waals surface area contributed by atoms with Gasteiger partial charge < -0.3 is 10.6 Å². The minimum Gasteiger partial charge on any atom is -0.328 e. The summed E-state index contributed by atoms with van der Waals surface area (Å²) in [6.07, 6.45) is 1.90. The average Bonchev–Trinajstić information content (AvgIpc) is 2.38. The molecule has 0 bridgehead atoms. The van der Waals surface area contributed by atoms with Crippen LogP contribution in [0.1, 0.15) is 33.1 Å². The quantitative estimate of drug-likeness (QED) is 0.786. The van der Waals surface area contributed by atoms with E-state index < -0.39 is 15.2 Å². The van der Waals surface area contributed by atoms with Crippen LogP contribution in [0.15, 0.2) is 0 Å². The molecule has 1 saturated heterocycles. The Morgan fingerprint density at radius 3 is 2.79 bits per heavy atom. The van der Waals surface area contributed by atoms with Crippen LogP contribution < -0.4 is 5.73 Å². The lowest BCUT2D eigenvalue weighted by molar-refractivity contribution is -0.131. The van der Waals surface area contributed by atoms with Gasteiger partial charge in [0.2, 0.25) is 5.91 Å². The van der Waals surface area contributed by atoms with E-state index in [1.54, 1.807) is 23.6 Å².